The smallest absolute Gasteiger partial charge is 0.276 e. The second kappa shape index (κ2) is 5.46. The van der Waals surface area contributed by atoms with E-state index < -0.39 is 11.7 Å². The molecule has 0 aliphatic carbocycles. The maximum atomic E-state index is 13.2. The van der Waals surface area contributed by atoms with Crippen LogP contribution >= 0.6 is 27.5 Å². The number of nitrogens with one attached hydrogen (secondary N) is 2. The second-order valence-corrected chi connectivity index (χ2v) is 5.58. The van der Waals surface area contributed by atoms with Crippen LogP contribution in [0.2, 0.25) is 5.02 Å². The molecule has 2 aromatic carbocycles. The number of nitrogens with zero attached hydrogens (tertiary/aromatic N) is 1. The van der Waals surface area contributed by atoms with Gasteiger partial charge >= 0.3 is 0 Å². The van der Waals surface area contributed by atoms with Crippen LogP contribution in [0.4, 0.5) is 10.1 Å². The van der Waals surface area contributed by atoms with E-state index in [2.05, 4.69) is 31.4 Å². The van der Waals surface area contributed by atoms with Crippen molar-refractivity contribution >= 4 is 50.0 Å². The van der Waals surface area contributed by atoms with Crippen molar-refractivity contribution in [2.24, 2.45) is 0 Å². The lowest BCUT2D eigenvalue weighted by Gasteiger charge is -2.08. The number of H-pyrrole nitrogens is 1. The Hall–Kier alpha value is -1.92. The fourth-order valence-corrected chi connectivity index (χ4v) is 2.87. The first-order valence-corrected chi connectivity index (χ1v) is 7.12. The van der Waals surface area contributed by atoms with E-state index in [0.29, 0.717) is 15.5 Å². The number of carbonyl (C=O) groups is 1. The molecule has 1 aromatic heterocycles. The van der Waals surface area contributed by atoms with Crippen molar-refractivity contribution in [2.75, 3.05) is 5.32 Å². The summed E-state index contributed by atoms with van der Waals surface area (Å²) in [5.41, 5.74) is 1.31. The van der Waals surface area contributed by atoms with Gasteiger partial charge in [-0.2, -0.15) is 5.10 Å². The molecule has 106 valence electrons. The zero-order valence-corrected chi connectivity index (χ0v) is 12.8. The number of benzene rings is 2. The Balaban J connectivity index is 1.97. The largest absolute Gasteiger partial charge is 0.318 e. The van der Waals surface area contributed by atoms with Crippen molar-refractivity contribution in [2.45, 2.75) is 0 Å². The van der Waals surface area contributed by atoms with Crippen LogP contribution in [0.15, 0.2) is 40.9 Å². The maximum absolute atomic E-state index is 13.2. The molecule has 7 heteroatoms. The van der Waals surface area contributed by atoms with Gasteiger partial charge in [0.15, 0.2) is 5.69 Å². The summed E-state index contributed by atoms with van der Waals surface area (Å²) in [6, 6.07) is 9.62. The minimum Gasteiger partial charge on any atom is -0.318 e. The topological polar surface area (TPSA) is 57.8 Å². The highest BCUT2D eigenvalue weighted by atomic mass is 79.9. The van der Waals surface area contributed by atoms with E-state index in [1.807, 2.05) is 18.2 Å². The summed E-state index contributed by atoms with van der Waals surface area (Å²) in [7, 11) is 0. The number of halogens is 3. The number of carbonyl (C=O) groups excluding carboxylic acids is 1. The Bertz CT molecular complexity index is 826. The molecule has 0 aliphatic rings. The Labute approximate surface area is 132 Å². The summed E-state index contributed by atoms with van der Waals surface area (Å²) in [4.78, 5) is 12.3. The summed E-state index contributed by atoms with van der Waals surface area (Å²) >= 11 is 9.12. The molecule has 0 fully saturated rings. The Kier molecular flexibility index (Phi) is 3.65. The number of amides is 1. The van der Waals surface area contributed by atoms with Crippen LogP contribution in [-0.2, 0) is 0 Å². The van der Waals surface area contributed by atoms with Crippen LogP contribution in [-0.4, -0.2) is 16.1 Å². The van der Waals surface area contributed by atoms with Gasteiger partial charge in [-0.05, 0) is 34.1 Å². The van der Waals surface area contributed by atoms with E-state index in [-0.39, 0.29) is 10.7 Å². The van der Waals surface area contributed by atoms with E-state index in [0.717, 1.165) is 11.6 Å². The molecule has 2 N–H and O–H groups in total. The first-order chi connectivity index (χ1) is 10.1. The molecule has 3 aromatic rings. The van der Waals surface area contributed by atoms with Gasteiger partial charge in [-0.25, -0.2) is 4.39 Å². The Morgan fingerprint density at radius 1 is 1.33 bits per heavy atom. The molecule has 0 unspecified atom stereocenters. The molecule has 0 saturated heterocycles. The number of aromatic nitrogens is 2. The standard InChI is InChI=1S/C14H8BrClFN3O/c15-9-5-7(17)6-10(16)13(9)18-14(21)12-8-3-1-2-4-11(8)19-20-12/h1-6H,(H,18,21)(H,19,20). The SMILES string of the molecule is O=C(Nc1c(Cl)cc(F)cc1Br)c1n[nH]c2ccccc12. The van der Waals surface area contributed by atoms with Crippen LogP contribution in [0.3, 0.4) is 0 Å². The molecule has 1 amide bonds. The number of aromatic amines is 1. The van der Waals surface area contributed by atoms with Crippen molar-refractivity contribution in [1.29, 1.82) is 0 Å². The minimum absolute atomic E-state index is 0.107. The zero-order valence-electron chi connectivity index (χ0n) is 10.5. The first kappa shape index (κ1) is 14.0. The lowest BCUT2D eigenvalue weighted by molar-refractivity contribution is 0.102. The Morgan fingerprint density at radius 3 is 2.86 bits per heavy atom. The van der Waals surface area contributed by atoms with Crippen molar-refractivity contribution in [3.8, 4) is 0 Å². The van der Waals surface area contributed by atoms with E-state index in [9.17, 15) is 9.18 Å². The molecule has 0 bridgehead atoms. The van der Waals surface area contributed by atoms with E-state index in [1.165, 1.54) is 6.07 Å². The monoisotopic (exact) mass is 367 g/mol. The van der Waals surface area contributed by atoms with Gasteiger partial charge in [-0.15, -0.1) is 0 Å². The highest BCUT2D eigenvalue weighted by molar-refractivity contribution is 9.10. The van der Waals surface area contributed by atoms with Gasteiger partial charge in [-0.3, -0.25) is 9.89 Å². The van der Waals surface area contributed by atoms with E-state index >= 15 is 0 Å². The highest BCUT2D eigenvalue weighted by Gasteiger charge is 2.17. The predicted octanol–water partition coefficient (Wildman–Crippen LogP) is 4.37. The Morgan fingerprint density at radius 2 is 2.10 bits per heavy atom. The number of anilines is 1. The number of hydrogen-bond acceptors (Lipinski definition) is 2. The molecular formula is C14H8BrClFN3O. The van der Waals surface area contributed by atoms with Crippen molar-refractivity contribution in [3.05, 3.63) is 57.4 Å². The third-order valence-corrected chi connectivity index (χ3v) is 3.85. The maximum Gasteiger partial charge on any atom is 0.276 e. The molecular weight excluding hydrogens is 361 g/mol. The zero-order chi connectivity index (χ0) is 15.0. The van der Waals surface area contributed by atoms with Gasteiger partial charge in [0.1, 0.15) is 5.82 Å². The van der Waals surface area contributed by atoms with Crippen LogP contribution in [0, 0.1) is 5.82 Å². The molecule has 4 nitrogen and oxygen atoms in total. The molecule has 21 heavy (non-hydrogen) atoms. The third kappa shape index (κ3) is 2.64. The van der Waals surface area contributed by atoms with E-state index in [1.54, 1.807) is 6.07 Å². The van der Waals surface area contributed by atoms with Gasteiger partial charge in [0.25, 0.3) is 5.91 Å². The fraction of sp³-hybridized carbons (Fsp3) is 0. The van der Waals surface area contributed by atoms with Gasteiger partial charge in [-0.1, -0.05) is 29.8 Å². The highest BCUT2D eigenvalue weighted by Crippen LogP contribution is 2.32. The van der Waals surface area contributed by atoms with Gasteiger partial charge < -0.3 is 5.32 Å². The summed E-state index contributed by atoms with van der Waals surface area (Å²) < 4.78 is 13.5. The molecule has 0 radical (unpaired) electrons. The molecule has 0 atom stereocenters. The first-order valence-electron chi connectivity index (χ1n) is 5.95. The summed E-state index contributed by atoms with van der Waals surface area (Å²) in [6.07, 6.45) is 0. The van der Waals surface area contributed by atoms with Gasteiger partial charge in [0.2, 0.25) is 0 Å². The summed E-state index contributed by atoms with van der Waals surface area (Å²) in [5.74, 6) is -0.920. The van der Waals surface area contributed by atoms with E-state index in [4.69, 9.17) is 11.6 Å². The molecule has 1 heterocycles. The fourth-order valence-electron chi connectivity index (χ4n) is 1.97. The molecule has 0 saturated carbocycles. The normalized spacial score (nSPS) is 10.8. The van der Waals surface area contributed by atoms with Gasteiger partial charge in [0, 0.05) is 9.86 Å². The number of hydrogen-bond donors (Lipinski definition) is 2. The third-order valence-electron chi connectivity index (χ3n) is 2.93. The van der Waals surface area contributed by atoms with Crippen molar-refractivity contribution in [3.63, 3.8) is 0 Å². The number of fused-ring (bicyclic) bond motifs is 1. The van der Waals surface area contributed by atoms with Crippen LogP contribution < -0.4 is 5.32 Å². The molecule has 3 rings (SSSR count). The number of para-hydroxylation sites is 1. The van der Waals surface area contributed by atoms with Crippen LogP contribution in [0.5, 0.6) is 0 Å². The second-order valence-electron chi connectivity index (χ2n) is 4.32. The predicted molar refractivity (Wildman–Crippen MR) is 83.2 cm³/mol. The van der Waals surface area contributed by atoms with Crippen molar-refractivity contribution < 1.29 is 9.18 Å². The van der Waals surface area contributed by atoms with Crippen LogP contribution in [0.1, 0.15) is 10.5 Å². The average Bonchev–Trinajstić information content (AvgIpc) is 2.86. The molecule has 0 aliphatic heterocycles. The molecule has 0 spiro atoms. The van der Waals surface area contributed by atoms with Crippen molar-refractivity contribution in [1.82, 2.24) is 10.2 Å². The lowest BCUT2D eigenvalue weighted by atomic mass is 10.2. The average molecular weight is 369 g/mol. The van der Waals surface area contributed by atoms with Gasteiger partial charge in [0.05, 0.1) is 16.2 Å². The summed E-state index contributed by atoms with van der Waals surface area (Å²) in [6.45, 7) is 0. The lowest BCUT2D eigenvalue weighted by Crippen LogP contribution is -2.13. The number of rotatable bonds is 2. The minimum atomic E-state index is -0.491. The van der Waals surface area contributed by atoms with Crippen LogP contribution in [0.25, 0.3) is 10.9 Å². The quantitative estimate of drug-likeness (QED) is 0.705. The summed E-state index contributed by atoms with van der Waals surface area (Å²) in [5, 5.41) is 10.2.